The van der Waals surface area contributed by atoms with Gasteiger partial charge in [0.05, 0.1) is 0 Å². The molecule has 0 aromatic heterocycles. The van der Waals surface area contributed by atoms with Gasteiger partial charge in [-0.05, 0) is 47.0 Å². The molecule has 0 radical (unpaired) electrons. The Labute approximate surface area is 92.2 Å². The van der Waals surface area contributed by atoms with Gasteiger partial charge < -0.3 is 10.6 Å². The maximum atomic E-state index is 5.75. The second-order valence-corrected chi connectivity index (χ2v) is 5.42. The van der Waals surface area contributed by atoms with Gasteiger partial charge in [0.1, 0.15) is 0 Å². The van der Waals surface area contributed by atoms with E-state index in [0.717, 1.165) is 10.2 Å². The molecule has 1 aromatic carbocycles. The minimum Gasteiger partial charge on any atom is -0.398 e. The molecule has 1 heterocycles. The third kappa shape index (κ3) is 1.22. The maximum absolute atomic E-state index is 5.75. The lowest BCUT2D eigenvalue weighted by Crippen LogP contribution is -2.48. The van der Waals surface area contributed by atoms with Crippen molar-refractivity contribution in [2.24, 2.45) is 5.41 Å². The molecule has 2 nitrogen and oxygen atoms in total. The zero-order valence-corrected chi connectivity index (χ0v) is 9.55. The summed E-state index contributed by atoms with van der Waals surface area (Å²) in [5.41, 5.74) is 8.57. The van der Waals surface area contributed by atoms with Crippen LogP contribution in [-0.2, 0) is 0 Å². The van der Waals surface area contributed by atoms with Gasteiger partial charge in [-0.1, -0.05) is 0 Å². The molecule has 2 aliphatic rings. The summed E-state index contributed by atoms with van der Waals surface area (Å²) in [6, 6.07) is 6.19. The molecule has 1 aliphatic carbocycles. The molecule has 1 saturated carbocycles. The Morgan fingerprint density at radius 3 is 2.57 bits per heavy atom. The van der Waals surface area contributed by atoms with E-state index in [-0.39, 0.29) is 0 Å². The van der Waals surface area contributed by atoms with Crippen LogP contribution in [0.3, 0.4) is 0 Å². The Bertz CT molecular complexity index is 377. The van der Waals surface area contributed by atoms with E-state index < -0.39 is 0 Å². The summed E-state index contributed by atoms with van der Waals surface area (Å²) < 4.78 is 1.01. The van der Waals surface area contributed by atoms with Gasteiger partial charge in [0, 0.05) is 34.4 Å². The predicted octanol–water partition coefficient (Wildman–Crippen LogP) is 2.63. The Hall–Kier alpha value is -0.700. The molecule has 2 N–H and O–H groups in total. The first-order valence-electron chi connectivity index (χ1n) is 4.99. The average Bonchev–Trinajstić information content (AvgIpc) is 2.87. The van der Waals surface area contributed by atoms with Crippen LogP contribution in [0.25, 0.3) is 0 Å². The number of nitrogen functional groups attached to an aromatic ring is 1. The fourth-order valence-corrected chi connectivity index (χ4v) is 2.52. The lowest BCUT2D eigenvalue weighted by molar-refractivity contribution is 0.387. The number of hydrogen-bond donors (Lipinski definition) is 1. The van der Waals surface area contributed by atoms with Gasteiger partial charge in [0.15, 0.2) is 0 Å². The molecular weight excluding hydrogens is 240 g/mol. The standard InChI is InChI=1S/C11H13BrN2/c12-9-5-8(1-2-10(9)13)14-6-11(7-14)3-4-11/h1-2,5H,3-4,6-7,13H2. The highest BCUT2D eigenvalue weighted by Crippen LogP contribution is 2.54. The SMILES string of the molecule is Nc1ccc(N2CC3(CC3)C2)cc1Br. The second kappa shape index (κ2) is 2.66. The first-order chi connectivity index (χ1) is 6.69. The van der Waals surface area contributed by atoms with Gasteiger partial charge in [-0.3, -0.25) is 0 Å². The van der Waals surface area contributed by atoms with Crippen LogP contribution in [0.5, 0.6) is 0 Å². The van der Waals surface area contributed by atoms with Gasteiger partial charge in [-0.25, -0.2) is 0 Å². The van der Waals surface area contributed by atoms with E-state index in [4.69, 9.17) is 5.73 Å². The monoisotopic (exact) mass is 252 g/mol. The van der Waals surface area contributed by atoms with Crippen molar-refractivity contribution in [3.05, 3.63) is 22.7 Å². The van der Waals surface area contributed by atoms with Gasteiger partial charge in [-0.2, -0.15) is 0 Å². The highest BCUT2D eigenvalue weighted by Gasteiger charge is 2.52. The van der Waals surface area contributed by atoms with E-state index in [1.54, 1.807) is 0 Å². The van der Waals surface area contributed by atoms with Crippen molar-refractivity contribution in [1.82, 2.24) is 0 Å². The van der Waals surface area contributed by atoms with E-state index >= 15 is 0 Å². The van der Waals surface area contributed by atoms with E-state index in [1.165, 1.54) is 31.6 Å². The van der Waals surface area contributed by atoms with Gasteiger partial charge in [-0.15, -0.1) is 0 Å². The molecular formula is C11H13BrN2. The molecule has 2 fully saturated rings. The van der Waals surface area contributed by atoms with Crippen LogP contribution in [0.2, 0.25) is 0 Å². The van der Waals surface area contributed by atoms with Crippen molar-refractivity contribution < 1.29 is 0 Å². The van der Waals surface area contributed by atoms with E-state index in [0.29, 0.717) is 5.41 Å². The molecule has 3 rings (SSSR count). The Balaban J connectivity index is 1.80. The van der Waals surface area contributed by atoms with E-state index in [1.807, 2.05) is 6.07 Å². The summed E-state index contributed by atoms with van der Waals surface area (Å²) in [5, 5.41) is 0. The topological polar surface area (TPSA) is 29.3 Å². The Morgan fingerprint density at radius 1 is 1.29 bits per heavy atom. The summed E-state index contributed by atoms with van der Waals surface area (Å²) in [7, 11) is 0. The van der Waals surface area contributed by atoms with E-state index in [2.05, 4.69) is 33.0 Å². The first kappa shape index (κ1) is 8.60. The molecule has 0 amide bonds. The fourth-order valence-electron chi connectivity index (χ4n) is 2.15. The average molecular weight is 253 g/mol. The molecule has 1 spiro atoms. The molecule has 1 aromatic rings. The van der Waals surface area contributed by atoms with Crippen molar-refractivity contribution in [3.63, 3.8) is 0 Å². The lowest BCUT2D eigenvalue weighted by Gasteiger charge is -2.42. The number of benzene rings is 1. The molecule has 0 unspecified atom stereocenters. The summed E-state index contributed by atoms with van der Waals surface area (Å²) >= 11 is 3.46. The zero-order valence-electron chi connectivity index (χ0n) is 7.96. The number of nitrogens with zero attached hydrogens (tertiary/aromatic N) is 1. The van der Waals surface area contributed by atoms with Gasteiger partial charge >= 0.3 is 0 Å². The maximum Gasteiger partial charge on any atom is 0.0460 e. The molecule has 14 heavy (non-hydrogen) atoms. The van der Waals surface area contributed by atoms with Gasteiger partial charge in [0.25, 0.3) is 0 Å². The van der Waals surface area contributed by atoms with Crippen molar-refractivity contribution in [2.45, 2.75) is 12.8 Å². The number of hydrogen-bond acceptors (Lipinski definition) is 2. The van der Waals surface area contributed by atoms with Crippen LogP contribution in [0.1, 0.15) is 12.8 Å². The highest BCUT2D eigenvalue weighted by atomic mass is 79.9. The zero-order chi connectivity index (χ0) is 9.76. The summed E-state index contributed by atoms with van der Waals surface area (Å²) in [6.07, 6.45) is 2.86. The third-order valence-corrected chi connectivity index (χ3v) is 4.05. The van der Waals surface area contributed by atoms with Crippen molar-refractivity contribution in [3.8, 4) is 0 Å². The minimum atomic E-state index is 0.716. The number of halogens is 1. The minimum absolute atomic E-state index is 0.716. The van der Waals surface area contributed by atoms with Gasteiger partial charge in [0.2, 0.25) is 0 Å². The van der Waals surface area contributed by atoms with Crippen LogP contribution in [-0.4, -0.2) is 13.1 Å². The molecule has 1 aliphatic heterocycles. The highest BCUT2D eigenvalue weighted by molar-refractivity contribution is 9.10. The van der Waals surface area contributed by atoms with Crippen LogP contribution >= 0.6 is 15.9 Å². The number of anilines is 2. The summed E-state index contributed by atoms with van der Waals surface area (Å²) in [5.74, 6) is 0. The van der Waals surface area contributed by atoms with Crippen LogP contribution in [0.15, 0.2) is 22.7 Å². The Kier molecular flexibility index (Phi) is 1.63. The van der Waals surface area contributed by atoms with Crippen LogP contribution < -0.4 is 10.6 Å². The van der Waals surface area contributed by atoms with Crippen molar-refractivity contribution in [1.29, 1.82) is 0 Å². The molecule has 3 heteroatoms. The molecule has 0 atom stereocenters. The summed E-state index contributed by atoms with van der Waals surface area (Å²) in [6.45, 7) is 2.48. The van der Waals surface area contributed by atoms with Crippen molar-refractivity contribution in [2.75, 3.05) is 23.7 Å². The second-order valence-electron chi connectivity index (χ2n) is 4.56. The quantitative estimate of drug-likeness (QED) is 0.779. The Morgan fingerprint density at radius 2 is 2.00 bits per heavy atom. The predicted molar refractivity (Wildman–Crippen MR) is 62.4 cm³/mol. The number of rotatable bonds is 1. The molecule has 0 bridgehead atoms. The number of nitrogens with two attached hydrogens (primary N) is 1. The molecule has 74 valence electrons. The smallest absolute Gasteiger partial charge is 0.0460 e. The first-order valence-corrected chi connectivity index (χ1v) is 5.78. The molecule has 1 saturated heterocycles. The fraction of sp³-hybridized carbons (Fsp3) is 0.455. The summed E-state index contributed by atoms with van der Waals surface area (Å²) in [4.78, 5) is 2.43. The third-order valence-electron chi connectivity index (χ3n) is 3.36. The normalized spacial score (nSPS) is 22.2. The largest absolute Gasteiger partial charge is 0.398 e. The van der Waals surface area contributed by atoms with Crippen LogP contribution in [0.4, 0.5) is 11.4 Å². The van der Waals surface area contributed by atoms with E-state index in [9.17, 15) is 0 Å². The van der Waals surface area contributed by atoms with Crippen molar-refractivity contribution >= 4 is 27.3 Å². The lowest BCUT2D eigenvalue weighted by atomic mass is 9.96. The van der Waals surface area contributed by atoms with Crippen LogP contribution in [0, 0.1) is 5.41 Å².